The van der Waals surface area contributed by atoms with Gasteiger partial charge in [0.05, 0.1) is 0 Å². The predicted molar refractivity (Wildman–Crippen MR) is 59.5 cm³/mol. The molecule has 3 N–H and O–H groups in total. The van der Waals surface area contributed by atoms with Crippen molar-refractivity contribution in [1.82, 2.24) is 0 Å². The van der Waals surface area contributed by atoms with Crippen molar-refractivity contribution >= 4 is 0 Å². The van der Waals surface area contributed by atoms with Crippen LogP contribution in [0.3, 0.4) is 0 Å². The Bertz CT molecular complexity index is 307. The Hall–Kier alpha value is -1.02. The Morgan fingerprint density at radius 2 is 2.00 bits per heavy atom. The van der Waals surface area contributed by atoms with Crippen molar-refractivity contribution in [2.75, 3.05) is 6.54 Å². The minimum absolute atomic E-state index is 0.324. The summed E-state index contributed by atoms with van der Waals surface area (Å²) in [5.74, 6) is 1.16. The predicted octanol–water partition coefficient (Wildman–Crippen LogP) is 2.40. The van der Waals surface area contributed by atoms with Crippen LogP contribution in [0, 0.1) is 12.8 Å². The number of aromatic hydroxyl groups is 1. The molecule has 0 saturated carbocycles. The smallest absolute Gasteiger partial charge is 0.115 e. The zero-order chi connectivity index (χ0) is 10.7. The molecular weight excluding hydrogens is 174 g/mol. The van der Waals surface area contributed by atoms with E-state index >= 15 is 0 Å². The van der Waals surface area contributed by atoms with Crippen molar-refractivity contribution in [1.29, 1.82) is 0 Å². The number of aryl methyl sites for hydroxylation is 1. The quantitative estimate of drug-likeness (QED) is 0.774. The van der Waals surface area contributed by atoms with Crippen molar-refractivity contribution in [2.45, 2.75) is 26.7 Å². The van der Waals surface area contributed by atoms with E-state index in [0.717, 1.165) is 0 Å². The molecule has 1 unspecified atom stereocenters. The monoisotopic (exact) mass is 193 g/mol. The van der Waals surface area contributed by atoms with Crippen LogP contribution in [0.5, 0.6) is 5.75 Å². The van der Waals surface area contributed by atoms with Crippen LogP contribution in [-0.4, -0.2) is 11.7 Å². The Kier molecular flexibility index (Phi) is 3.53. The molecule has 14 heavy (non-hydrogen) atoms. The first-order valence-corrected chi connectivity index (χ1v) is 5.05. The van der Waals surface area contributed by atoms with Crippen LogP contribution in [-0.2, 0) is 0 Å². The Morgan fingerprint density at radius 1 is 1.36 bits per heavy atom. The number of benzene rings is 1. The average Bonchev–Trinajstić information content (AvgIpc) is 2.11. The maximum absolute atomic E-state index is 9.42. The lowest BCUT2D eigenvalue weighted by Gasteiger charge is -2.21. The molecule has 0 heterocycles. The summed E-state index contributed by atoms with van der Waals surface area (Å²) >= 11 is 0. The molecule has 2 nitrogen and oxygen atoms in total. The number of phenolic OH excluding ortho intramolecular Hbond substituents is 1. The fourth-order valence-electron chi connectivity index (χ4n) is 1.79. The largest absolute Gasteiger partial charge is 0.508 e. The summed E-state index contributed by atoms with van der Waals surface area (Å²) in [4.78, 5) is 0. The second kappa shape index (κ2) is 4.47. The summed E-state index contributed by atoms with van der Waals surface area (Å²) in [6.45, 7) is 6.99. The lowest BCUT2D eigenvalue weighted by Crippen LogP contribution is -2.18. The lowest BCUT2D eigenvalue weighted by molar-refractivity contribution is 0.467. The molecule has 1 rings (SSSR count). The Labute approximate surface area is 85.8 Å². The lowest BCUT2D eigenvalue weighted by atomic mass is 9.86. The number of nitrogens with two attached hydrogens (primary N) is 1. The fourth-order valence-corrected chi connectivity index (χ4v) is 1.79. The van der Waals surface area contributed by atoms with E-state index in [2.05, 4.69) is 20.8 Å². The van der Waals surface area contributed by atoms with Crippen molar-refractivity contribution in [2.24, 2.45) is 11.7 Å². The molecule has 0 aromatic heterocycles. The van der Waals surface area contributed by atoms with E-state index < -0.39 is 0 Å². The Morgan fingerprint density at radius 3 is 2.50 bits per heavy atom. The highest BCUT2D eigenvalue weighted by molar-refractivity contribution is 5.36. The highest BCUT2D eigenvalue weighted by Crippen LogP contribution is 2.28. The minimum atomic E-state index is 0.324. The summed E-state index contributed by atoms with van der Waals surface area (Å²) < 4.78 is 0. The van der Waals surface area contributed by atoms with Crippen LogP contribution in [0.25, 0.3) is 0 Å². The van der Waals surface area contributed by atoms with E-state index in [9.17, 15) is 5.11 Å². The maximum atomic E-state index is 9.42. The summed E-state index contributed by atoms with van der Waals surface area (Å²) in [5, 5.41) is 9.42. The van der Waals surface area contributed by atoms with Gasteiger partial charge in [-0.3, -0.25) is 0 Å². The highest BCUT2D eigenvalue weighted by atomic mass is 16.3. The first-order valence-electron chi connectivity index (χ1n) is 5.05. The third-order valence-electron chi connectivity index (χ3n) is 2.72. The molecule has 0 radical (unpaired) electrons. The van der Waals surface area contributed by atoms with Gasteiger partial charge < -0.3 is 10.8 Å². The van der Waals surface area contributed by atoms with Gasteiger partial charge >= 0.3 is 0 Å². The molecule has 1 aromatic rings. The molecular formula is C12H19NO. The number of phenols is 1. The molecule has 0 bridgehead atoms. The minimum Gasteiger partial charge on any atom is -0.508 e. The first-order chi connectivity index (χ1) is 6.56. The third-order valence-corrected chi connectivity index (χ3v) is 2.72. The fraction of sp³-hybridized carbons (Fsp3) is 0.500. The van der Waals surface area contributed by atoms with Crippen LogP contribution in [0.4, 0.5) is 0 Å². The van der Waals surface area contributed by atoms with Gasteiger partial charge in [-0.25, -0.2) is 0 Å². The molecule has 0 aliphatic rings. The van der Waals surface area contributed by atoms with Crippen LogP contribution in [0.2, 0.25) is 0 Å². The average molecular weight is 193 g/mol. The van der Waals surface area contributed by atoms with Gasteiger partial charge in [0.15, 0.2) is 0 Å². The molecule has 0 amide bonds. The molecule has 0 fully saturated rings. The molecule has 0 spiro atoms. The molecule has 2 heteroatoms. The molecule has 1 aromatic carbocycles. The highest BCUT2D eigenvalue weighted by Gasteiger charge is 2.16. The normalized spacial score (nSPS) is 13.2. The van der Waals surface area contributed by atoms with Crippen LogP contribution >= 0.6 is 0 Å². The number of hydrogen-bond acceptors (Lipinski definition) is 2. The van der Waals surface area contributed by atoms with Crippen molar-refractivity contribution in [3.05, 3.63) is 29.3 Å². The van der Waals surface area contributed by atoms with Gasteiger partial charge in [-0.1, -0.05) is 19.9 Å². The van der Waals surface area contributed by atoms with Gasteiger partial charge in [0, 0.05) is 0 Å². The van der Waals surface area contributed by atoms with E-state index in [4.69, 9.17) is 5.73 Å². The molecule has 1 atom stereocenters. The van der Waals surface area contributed by atoms with E-state index in [-0.39, 0.29) is 0 Å². The van der Waals surface area contributed by atoms with Gasteiger partial charge in [0.25, 0.3) is 0 Å². The second-order valence-electron chi connectivity index (χ2n) is 4.13. The zero-order valence-corrected chi connectivity index (χ0v) is 9.12. The molecule has 0 saturated heterocycles. The summed E-state index contributed by atoms with van der Waals surface area (Å²) in [7, 11) is 0. The van der Waals surface area contributed by atoms with Crippen LogP contribution < -0.4 is 5.73 Å². The van der Waals surface area contributed by atoms with Crippen LogP contribution in [0.15, 0.2) is 18.2 Å². The van der Waals surface area contributed by atoms with Gasteiger partial charge in [0.2, 0.25) is 0 Å². The van der Waals surface area contributed by atoms with Gasteiger partial charge in [0.1, 0.15) is 5.75 Å². The van der Waals surface area contributed by atoms with Gasteiger partial charge in [-0.2, -0.15) is 0 Å². The van der Waals surface area contributed by atoms with Gasteiger partial charge in [-0.05, 0) is 48.6 Å². The second-order valence-corrected chi connectivity index (χ2v) is 4.13. The Balaban J connectivity index is 3.08. The van der Waals surface area contributed by atoms with Gasteiger partial charge in [-0.15, -0.1) is 0 Å². The molecule has 0 aliphatic heterocycles. The third kappa shape index (κ3) is 2.26. The SMILES string of the molecule is Cc1ccc(O)cc1C(CN)C(C)C. The first kappa shape index (κ1) is 11.1. The van der Waals surface area contributed by atoms with E-state index in [1.165, 1.54) is 11.1 Å². The van der Waals surface area contributed by atoms with E-state index in [1.807, 2.05) is 12.1 Å². The van der Waals surface area contributed by atoms with E-state index in [0.29, 0.717) is 24.1 Å². The molecule has 78 valence electrons. The van der Waals surface area contributed by atoms with Crippen molar-refractivity contribution in [3.8, 4) is 5.75 Å². The summed E-state index contributed by atoms with van der Waals surface area (Å²) in [6, 6.07) is 5.48. The number of hydrogen-bond donors (Lipinski definition) is 2. The maximum Gasteiger partial charge on any atom is 0.115 e. The standard InChI is InChI=1S/C12H19NO/c1-8(2)12(7-13)11-6-10(14)5-4-9(11)3/h4-6,8,12,14H,7,13H2,1-3H3. The van der Waals surface area contributed by atoms with Crippen molar-refractivity contribution in [3.63, 3.8) is 0 Å². The zero-order valence-electron chi connectivity index (χ0n) is 9.12. The topological polar surface area (TPSA) is 46.2 Å². The number of rotatable bonds is 3. The summed E-state index contributed by atoms with van der Waals surface area (Å²) in [5.41, 5.74) is 8.11. The van der Waals surface area contributed by atoms with E-state index in [1.54, 1.807) is 6.07 Å². The van der Waals surface area contributed by atoms with Crippen molar-refractivity contribution < 1.29 is 5.11 Å². The molecule has 0 aliphatic carbocycles. The van der Waals surface area contributed by atoms with Crippen LogP contribution in [0.1, 0.15) is 30.9 Å². The summed E-state index contributed by atoms with van der Waals surface area (Å²) in [6.07, 6.45) is 0.